The number of amides is 1. The topological polar surface area (TPSA) is 95.9 Å². The fraction of sp³-hybridized carbons (Fsp3) is 0.500. The lowest BCUT2D eigenvalue weighted by atomic mass is 9.79. The highest BCUT2D eigenvalue weighted by molar-refractivity contribution is 7.99. The summed E-state index contributed by atoms with van der Waals surface area (Å²) in [6.07, 6.45) is -0.425. The van der Waals surface area contributed by atoms with E-state index in [0.717, 1.165) is 4.88 Å². The zero-order chi connectivity index (χ0) is 15.2. The summed E-state index contributed by atoms with van der Waals surface area (Å²) in [6.45, 7) is 0. The van der Waals surface area contributed by atoms with Crippen LogP contribution in [0.3, 0.4) is 0 Å². The highest BCUT2D eigenvalue weighted by Crippen LogP contribution is 2.18. The molecule has 0 aliphatic carbocycles. The van der Waals surface area contributed by atoms with Crippen LogP contribution < -0.4 is 5.32 Å². The average Bonchev–Trinajstić information content (AvgIpc) is 2.83. The Bertz CT molecular complexity index is 484. The standard InChI is InChI=1S/C12H16BNO5S2/c15-11(5-9-2-1-3-21-9)14-10-7-20-6-8(4-12(16)17)19-13(10)18/h1-3,8,10,18H,4-7H2,(H,14,15)(H,16,17)/t8-,10-/m0/s1. The number of nitrogens with one attached hydrogen (secondary N) is 1. The number of thioether (sulfide) groups is 1. The minimum Gasteiger partial charge on any atom is -0.481 e. The summed E-state index contributed by atoms with van der Waals surface area (Å²) in [6, 6.07) is 3.76. The van der Waals surface area contributed by atoms with Crippen LogP contribution in [0.2, 0.25) is 0 Å². The molecule has 0 bridgehead atoms. The Labute approximate surface area is 131 Å². The molecule has 1 fully saturated rings. The Kier molecular flexibility index (Phi) is 6.10. The summed E-state index contributed by atoms with van der Waals surface area (Å²) in [4.78, 5) is 23.6. The first-order chi connectivity index (χ1) is 10.0. The molecular formula is C12H16BNO5S2. The van der Waals surface area contributed by atoms with Crippen LogP contribution in [0, 0.1) is 0 Å². The minimum atomic E-state index is -1.18. The molecular weight excluding hydrogens is 313 g/mol. The van der Waals surface area contributed by atoms with Crippen LogP contribution in [0.25, 0.3) is 0 Å². The van der Waals surface area contributed by atoms with Crippen molar-refractivity contribution in [1.82, 2.24) is 5.32 Å². The highest BCUT2D eigenvalue weighted by atomic mass is 32.2. The van der Waals surface area contributed by atoms with E-state index in [1.54, 1.807) is 0 Å². The van der Waals surface area contributed by atoms with Crippen molar-refractivity contribution >= 4 is 42.1 Å². The molecule has 1 aliphatic heterocycles. The summed E-state index contributed by atoms with van der Waals surface area (Å²) in [5, 5.41) is 23.4. The van der Waals surface area contributed by atoms with Gasteiger partial charge in [0.2, 0.25) is 5.91 Å². The Hall–Kier alpha value is -1.03. The Balaban J connectivity index is 1.85. The first-order valence-electron chi connectivity index (χ1n) is 6.49. The maximum absolute atomic E-state index is 11.9. The van der Waals surface area contributed by atoms with Crippen molar-refractivity contribution in [1.29, 1.82) is 0 Å². The number of carbonyl (C=O) groups excluding carboxylic acids is 1. The summed E-state index contributed by atoms with van der Waals surface area (Å²) in [5.41, 5.74) is 0. The van der Waals surface area contributed by atoms with Crippen LogP contribution in [-0.2, 0) is 20.7 Å². The van der Waals surface area contributed by atoms with E-state index < -0.39 is 25.1 Å². The van der Waals surface area contributed by atoms with Gasteiger partial charge in [-0.05, 0) is 11.4 Å². The van der Waals surface area contributed by atoms with E-state index in [9.17, 15) is 14.6 Å². The predicted octanol–water partition coefficient (Wildman–Crippen LogP) is 0.402. The van der Waals surface area contributed by atoms with Crippen LogP contribution in [0.5, 0.6) is 0 Å². The Morgan fingerprint density at radius 3 is 2.95 bits per heavy atom. The van der Waals surface area contributed by atoms with Crippen LogP contribution in [-0.4, -0.2) is 52.7 Å². The first-order valence-corrected chi connectivity index (χ1v) is 8.53. The monoisotopic (exact) mass is 329 g/mol. The fourth-order valence-corrected chi connectivity index (χ4v) is 3.78. The molecule has 0 spiro atoms. The zero-order valence-corrected chi connectivity index (χ0v) is 12.9. The zero-order valence-electron chi connectivity index (χ0n) is 11.2. The number of carboxylic acids is 1. The molecule has 2 heterocycles. The Morgan fingerprint density at radius 1 is 1.48 bits per heavy atom. The smallest absolute Gasteiger partial charge is 0.479 e. The molecule has 1 aliphatic rings. The van der Waals surface area contributed by atoms with Crippen molar-refractivity contribution in [2.45, 2.75) is 24.9 Å². The van der Waals surface area contributed by atoms with Gasteiger partial charge >= 0.3 is 13.1 Å². The van der Waals surface area contributed by atoms with Crippen molar-refractivity contribution in [3.63, 3.8) is 0 Å². The average molecular weight is 329 g/mol. The van der Waals surface area contributed by atoms with Crippen LogP contribution in [0.4, 0.5) is 0 Å². The van der Waals surface area contributed by atoms with Crippen LogP contribution in [0.15, 0.2) is 17.5 Å². The molecule has 21 heavy (non-hydrogen) atoms. The second-order valence-electron chi connectivity index (χ2n) is 4.71. The van der Waals surface area contributed by atoms with Crippen molar-refractivity contribution in [3.8, 4) is 0 Å². The molecule has 114 valence electrons. The SMILES string of the molecule is O=C(O)C[C@H]1CSC[C@H](NC(=O)Cc2cccs2)B(O)O1. The third kappa shape index (κ3) is 5.35. The molecule has 3 N–H and O–H groups in total. The predicted molar refractivity (Wildman–Crippen MR) is 82.4 cm³/mol. The summed E-state index contributed by atoms with van der Waals surface area (Å²) < 4.78 is 5.31. The van der Waals surface area contributed by atoms with Gasteiger partial charge in [0.25, 0.3) is 0 Å². The number of hydrogen-bond donors (Lipinski definition) is 3. The van der Waals surface area contributed by atoms with E-state index in [1.165, 1.54) is 23.1 Å². The number of aliphatic carboxylic acids is 1. The molecule has 1 aromatic heterocycles. The van der Waals surface area contributed by atoms with Crippen LogP contribution in [0.1, 0.15) is 11.3 Å². The van der Waals surface area contributed by atoms with Gasteiger partial charge in [-0.1, -0.05) is 6.07 Å². The molecule has 0 saturated carbocycles. The van der Waals surface area contributed by atoms with E-state index in [2.05, 4.69) is 5.32 Å². The van der Waals surface area contributed by atoms with Gasteiger partial charge in [-0.25, -0.2) is 0 Å². The molecule has 9 heteroatoms. The van der Waals surface area contributed by atoms with Gasteiger partial charge in [0.1, 0.15) is 0 Å². The molecule has 2 rings (SSSR count). The van der Waals surface area contributed by atoms with E-state index >= 15 is 0 Å². The molecule has 1 amide bonds. The van der Waals surface area contributed by atoms with Gasteiger partial charge in [-0.3, -0.25) is 9.59 Å². The summed E-state index contributed by atoms with van der Waals surface area (Å²) in [7, 11) is -1.18. The number of thiophene rings is 1. The van der Waals surface area contributed by atoms with Gasteiger partial charge in [0, 0.05) is 16.4 Å². The Morgan fingerprint density at radius 2 is 2.29 bits per heavy atom. The van der Waals surface area contributed by atoms with Crippen molar-refractivity contribution < 1.29 is 24.4 Å². The molecule has 1 saturated heterocycles. The summed E-state index contributed by atoms with van der Waals surface area (Å²) in [5.74, 6) is -0.690. The molecule has 1 aromatic rings. The number of carbonyl (C=O) groups is 2. The second kappa shape index (κ2) is 7.83. The lowest BCUT2D eigenvalue weighted by Crippen LogP contribution is -2.50. The van der Waals surface area contributed by atoms with Gasteiger partial charge < -0.3 is 20.1 Å². The molecule has 0 aromatic carbocycles. The van der Waals surface area contributed by atoms with E-state index in [4.69, 9.17) is 9.76 Å². The normalized spacial score (nSPS) is 22.6. The fourth-order valence-electron chi connectivity index (χ4n) is 1.98. The third-order valence-corrected chi connectivity index (χ3v) is 5.02. The van der Waals surface area contributed by atoms with Crippen molar-refractivity contribution in [2.24, 2.45) is 0 Å². The quantitative estimate of drug-likeness (QED) is 0.677. The number of hydrogen-bond acceptors (Lipinski definition) is 6. The van der Waals surface area contributed by atoms with E-state index in [-0.39, 0.29) is 18.7 Å². The molecule has 2 atom stereocenters. The van der Waals surface area contributed by atoms with Gasteiger partial charge in [-0.2, -0.15) is 11.8 Å². The maximum atomic E-state index is 11.9. The lowest BCUT2D eigenvalue weighted by molar-refractivity contribution is -0.138. The molecule has 0 radical (unpaired) electrons. The summed E-state index contributed by atoms with van der Waals surface area (Å²) >= 11 is 2.97. The maximum Gasteiger partial charge on any atom is 0.479 e. The molecule has 6 nitrogen and oxygen atoms in total. The first kappa shape index (κ1) is 16.3. The third-order valence-electron chi connectivity index (χ3n) is 2.94. The van der Waals surface area contributed by atoms with E-state index in [1.807, 2.05) is 17.5 Å². The van der Waals surface area contributed by atoms with Crippen molar-refractivity contribution in [3.05, 3.63) is 22.4 Å². The minimum absolute atomic E-state index is 0.153. The number of carboxylic acid groups (broad SMARTS) is 1. The highest BCUT2D eigenvalue weighted by Gasteiger charge is 2.34. The van der Waals surface area contributed by atoms with Crippen LogP contribution >= 0.6 is 23.1 Å². The van der Waals surface area contributed by atoms with E-state index in [0.29, 0.717) is 11.5 Å². The lowest BCUT2D eigenvalue weighted by Gasteiger charge is -2.19. The van der Waals surface area contributed by atoms with Gasteiger partial charge in [-0.15, -0.1) is 11.3 Å². The number of rotatable bonds is 5. The van der Waals surface area contributed by atoms with Gasteiger partial charge in [0.05, 0.1) is 24.9 Å². The molecule has 0 unspecified atom stereocenters. The second-order valence-corrected chi connectivity index (χ2v) is 6.82. The van der Waals surface area contributed by atoms with Gasteiger partial charge in [0.15, 0.2) is 0 Å². The van der Waals surface area contributed by atoms with Crippen molar-refractivity contribution in [2.75, 3.05) is 11.5 Å². The largest absolute Gasteiger partial charge is 0.481 e.